The number of guanidine groups is 1. The Balaban J connectivity index is 2.32. The molecule has 0 saturated heterocycles. The van der Waals surface area contributed by atoms with E-state index in [-0.39, 0.29) is 31.8 Å². The van der Waals surface area contributed by atoms with Crippen molar-refractivity contribution in [3.05, 3.63) is 36.0 Å². The largest absolute Gasteiger partial charge is 0.481 e. The lowest BCUT2D eigenvalue weighted by molar-refractivity contribution is -0.142. The molecule has 0 aliphatic rings. The van der Waals surface area contributed by atoms with Gasteiger partial charge in [-0.05, 0) is 30.9 Å². The molecular weight excluding hydrogens is 568 g/mol. The van der Waals surface area contributed by atoms with E-state index in [0.29, 0.717) is 5.56 Å². The predicted molar refractivity (Wildman–Crippen MR) is 152 cm³/mol. The highest BCUT2D eigenvalue weighted by Crippen LogP contribution is 2.19. The Hall–Kier alpha value is -5.19. The molecule has 1 aromatic carbocycles. The van der Waals surface area contributed by atoms with E-state index >= 15 is 0 Å². The number of nitrogens with one attached hydrogen (secondary N) is 4. The number of nitrogens with two attached hydrogens (primary N) is 3. The first-order chi connectivity index (χ1) is 20.3. The number of fused-ring (bicyclic) bond motifs is 1. The number of nitrogens with zero attached hydrogens (tertiary/aromatic N) is 1. The third-order valence-electron chi connectivity index (χ3n) is 6.30. The van der Waals surface area contributed by atoms with Crippen LogP contribution in [-0.2, 0) is 35.2 Å². The molecule has 0 bridgehead atoms. The number of carbonyl (C=O) groups is 6. The minimum Gasteiger partial charge on any atom is -0.481 e. The molecule has 43 heavy (non-hydrogen) atoms. The predicted octanol–water partition coefficient (Wildman–Crippen LogP) is -2.03. The number of aliphatic imine (C=N–C) groups is 1. The maximum absolute atomic E-state index is 13.4. The maximum Gasteiger partial charge on any atom is 0.326 e. The van der Waals surface area contributed by atoms with Crippen LogP contribution in [-0.4, -0.2) is 92.6 Å². The number of carbonyl (C=O) groups excluding carboxylic acids is 3. The van der Waals surface area contributed by atoms with Gasteiger partial charge in [0.2, 0.25) is 17.7 Å². The summed E-state index contributed by atoms with van der Waals surface area (Å²) in [5.41, 5.74) is 17.5. The first kappa shape index (κ1) is 34.0. The number of aliphatic carboxylic acids is 3. The number of amides is 3. The summed E-state index contributed by atoms with van der Waals surface area (Å²) in [6, 6.07) is 1.36. The molecule has 1 aromatic heterocycles. The molecule has 17 nitrogen and oxygen atoms in total. The molecule has 3 amide bonds. The van der Waals surface area contributed by atoms with Gasteiger partial charge in [0.25, 0.3) is 0 Å². The highest BCUT2D eigenvalue weighted by Gasteiger charge is 2.31. The standard InChI is InChI=1S/C26H36N8O9/c27-15(11-21(37)38)22(39)32-17(7-8-20(35)36)23(40)34-19(10-13-12-31-16-5-2-1-4-14(13)16)24(41)33-18(25(42)43)6-3-9-30-26(28)29/h1-2,4-5,12,15,17-19,31H,3,6-11,27H2,(H,32,39)(H,33,41)(H,34,40)(H,35,36)(H,37,38)(H,42,43)(H4,28,29,30). The fourth-order valence-corrected chi connectivity index (χ4v) is 4.13. The molecule has 13 N–H and O–H groups in total. The van der Waals surface area contributed by atoms with E-state index in [0.717, 1.165) is 10.9 Å². The van der Waals surface area contributed by atoms with Crippen LogP contribution in [0.4, 0.5) is 0 Å². The van der Waals surface area contributed by atoms with Crippen LogP contribution < -0.4 is 33.2 Å². The van der Waals surface area contributed by atoms with Crippen LogP contribution in [0.3, 0.4) is 0 Å². The number of rotatable bonds is 18. The Labute approximate surface area is 245 Å². The summed E-state index contributed by atoms with van der Waals surface area (Å²) in [5, 5.41) is 35.6. The fraction of sp³-hybridized carbons (Fsp3) is 0.423. The number of aromatic amines is 1. The summed E-state index contributed by atoms with van der Waals surface area (Å²) in [7, 11) is 0. The van der Waals surface area contributed by atoms with Gasteiger partial charge in [0.1, 0.15) is 18.1 Å². The van der Waals surface area contributed by atoms with Crippen LogP contribution >= 0.6 is 0 Å². The molecule has 4 atom stereocenters. The van der Waals surface area contributed by atoms with Crippen molar-refractivity contribution in [2.75, 3.05) is 6.54 Å². The number of carboxylic acid groups (broad SMARTS) is 3. The lowest BCUT2D eigenvalue weighted by Gasteiger charge is -2.25. The van der Waals surface area contributed by atoms with E-state index in [1.165, 1.54) is 0 Å². The summed E-state index contributed by atoms with van der Waals surface area (Å²) in [4.78, 5) is 80.0. The third-order valence-corrected chi connectivity index (χ3v) is 6.30. The average molecular weight is 605 g/mol. The highest BCUT2D eigenvalue weighted by molar-refractivity contribution is 5.95. The second-order valence-electron chi connectivity index (χ2n) is 9.67. The summed E-state index contributed by atoms with van der Waals surface area (Å²) >= 11 is 0. The maximum atomic E-state index is 13.4. The van der Waals surface area contributed by atoms with Crippen LogP contribution in [0.2, 0.25) is 0 Å². The second-order valence-corrected chi connectivity index (χ2v) is 9.67. The summed E-state index contributed by atoms with van der Waals surface area (Å²) < 4.78 is 0. The SMILES string of the molecule is NC(N)=NCCCC(NC(=O)C(Cc1c[nH]c2ccccc12)NC(=O)C(CCC(=O)O)NC(=O)C(N)CC(=O)O)C(=O)O. The zero-order chi connectivity index (χ0) is 32.1. The molecule has 1 heterocycles. The van der Waals surface area contributed by atoms with Crippen LogP contribution in [0, 0.1) is 0 Å². The molecule has 0 saturated carbocycles. The molecule has 2 rings (SSSR count). The van der Waals surface area contributed by atoms with Crippen LogP contribution in [0.15, 0.2) is 35.5 Å². The van der Waals surface area contributed by atoms with Crippen molar-refractivity contribution in [2.45, 2.75) is 62.7 Å². The average Bonchev–Trinajstić information content (AvgIpc) is 3.33. The minimum absolute atomic E-state index is 0.0373. The van der Waals surface area contributed by atoms with Gasteiger partial charge in [-0.1, -0.05) is 18.2 Å². The molecule has 2 aromatic rings. The number of aromatic nitrogens is 1. The molecule has 4 unspecified atom stereocenters. The smallest absolute Gasteiger partial charge is 0.326 e. The lowest BCUT2D eigenvalue weighted by Crippen LogP contribution is -2.57. The first-order valence-electron chi connectivity index (χ1n) is 13.2. The van der Waals surface area contributed by atoms with Gasteiger partial charge < -0.3 is 53.5 Å². The summed E-state index contributed by atoms with van der Waals surface area (Å²) in [6.07, 6.45) is -0.0155. The van der Waals surface area contributed by atoms with E-state index in [4.69, 9.17) is 27.4 Å². The van der Waals surface area contributed by atoms with Crippen LogP contribution in [0.5, 0.6) is 0 Å². The number of hydrogen-bond donors (Lipinski definition) is 10. The fourth-order valence-electron chi connectivity index (χ4n) is 4.13. The van der Waals surface area contributed by atoms with E-state index in [9.17, 15) is 33.9 Å². The summed E-state index contributed by atoms with van der Waals surface area (Å²) in [5.74, 6) is -7.00. The molecule has 0 radical (unpaired) electrons. The van der Waals surface area contributed by atoms with Crippen molar-refractivity contribution in [1.82, 2.24) is 20.9 Å². The number of benzene rings is 1. The molecule has 234 valence electrons. The van der Waals surface area contributed by atoms with Crippen molar-refractivity contribution < 1.29 is 44.1 Å². The van der Waals surface area contributed by atoms with Gasteiger partial charge in [0.05, 0.1) is 12.5 Å². The first-order valence-corrected chi connectivity index (χ1v) is 13.2. The number of hydrogen-bond acceptors (Lipinski definition) is 8. The molecular formula is C26H36N8O9. The van der Waals surface area contributed by atoms with Crippen molar-refractivity contribution >= 4 is 52.5 Å². The molecule has 0 spiro atoms. The van der Waals surface area contributed by atoms with Crippen LogP contribution in [0.1, 0.15) is 37.7 Å². The molecule has 0 fully saturated rings. The monoisotopic (exact) mass is 604 g/mol. The third kappa shape index (κ3) is 11.3. The van der Waals surface area contributed by atoms with Gasteiger partial charge in [-0.15, -0.1) is 0 Å². The Morgan fingerprint density at radius 3 is 2.09 bits per heavy atom. The van der Waals surface area contributed by atoms with Crippen molar-refractivity contribution in [1.29, 1.82) is 0 Å². The van der Waals surface area contributed by atoms with E-state index in [1.54, 1.807) is 30.5 Å². The normalized spacial score (nSPS) is 13.6. The lowest BCUT2D eigenvalue weighted by atomic mass is 10.0. The Morgan fingerprint density at radius 1 is 0.837 bits per heavy atom. The Bertz CT molecular complexity index is 1360. The molecule has 0 aliphatic heterocycles. The van der Waals surface area contributed by atoms with Crippen molar-refractivity contribution in [2.24, 2.45) is 22.2 Å². The van der Waals surface area contributed by atoms with Gasteiger partial charge >= 0.3 is 17.9 Å². The van der Waals surface area contributed by atoms with E-state index in [2.05, 4.69) is 25.9 Å². The van der Waals surface area contributed by atoms with Crippen LogP contribution in [0.25, 0.3) is 10.9 Å². The minimum atomic E-state index is -1.53. The molecule has 17 heteroatoms. The highest BCUT2D eigenvalue weighted by atomic mass is 16.4. The van der Waals surface area contributed by atoms with Crippen molar-refractivity contribution in [3.63, 3.8) is 0 Å². The van der Waals surface area contributed by atoms with Crippen molar-refractivity contribution in [3.8, 4) is 0 Å². The zero-order valence-electron chi connectivity index (χ0n) is 23.1. The Kier molecular flexibility index (Phi) is 12.9. The van der Waals surface area contributed by atoms with Gasteiger partial charge in [-0.2, -0.15) is 0 Å². The molecule has 0 aliphatic carbocycles. The Morgan fingerprint density at radius 2 is 1.47 bits per heavy atom. The summed E-state index contributed by atoms with van der Waals surface area (Å²) in [6.45, 7) is 0.118. The van der Waals surface area contributed by atoms with Gasteiger partial charge in [-0.3, -0.25) is 29.0 Å². The second kappa shape index (κ2) is 16.3. The van der Waals surface area contributed by atoms with E-state index in [1.807, 2.05) is 0 Å². The van der Waals surface area contributed by atoms with Gasteiger partial charge in [0.15, 0.2) is 5.96 Å². The topological polar surface area (TPSA) is 305 Å². The van der Waals surface area contributed by atoms with Gasteiger partial charge in [0, 0.05) is 36.5 Å². The van der Waals surface area contributed by atoms with E-state index < -0.39 is 79.1 Å². The van der Waals surface area contributed by atoms with Gasteiger partial charge in [-0.25, -0.2) is 4.79 Å². The number of H-pyrrole nitrogens is 1. The zero-order valence-corrected chi connectivity index (χ0v) is 23.1. The number of carboxylic acids is 3. The quantitative estimate of drug-likeness (QED) is 0.0500. The number of para-hydroxylation sites is 1.